The fraction of sp³-hybridized carbons (Fsp3) is 0.250. The average Bonchev–Trinajstić information content (AvgIpc) is 3.34. The van der Waals surface area contributed by atoms with Gasteiger partial charge in [0.15, 0.2) is 0 Å². The summed E-state index contributed by atoms with van der Waals surface area (Å²) >= 11 is 1.86. The third-order valence-corrected chi connectivity index (χ3v) is 7.35. The van der Waals surface area contributed by atoms with Gasteiger partial charge in [0, 0.05) is 33.9 Å². The Labute approximate surface area is 182 Å². The average molecular weight is 434 g/mol. The van der Waals surface area contributed by atoms with Crippen LogP contribution in [0.25, 0.3) is 15.8 Å². The number of aromatic nitrogens is 2. The van der Waals surface area contributed by atoms with Crippen molar-refractivity contribution in [2.45, 2.75) is 38.0 Å². The van der Waals surface area contributed by atoms with Crippen molar-refractivity contribution in [3.63, 3.8) is 0 Å². The maximum atomic E-state index is 13.0. The Kier molecular flexibility index (Phi) is 4.40. The maximum Gasteiger partial charge on any atom is 0.258 e. The molecule has 3 aromatic heterocycles. The fourth-order valence-corrected chi connectivity index (χ4v) is 6.06. The van der Waals surface area contributed by atoms with Gasteiger partial charge in [0.1, 0.15) is 18.2 Å². The maximum absolute atomic E-state index is 13.0. The van der Waals surface area contributed by atoms with Gasteiger partial charge in [-0.2, -0.15) is 0 Å². The van der Waals surface area contributed by atoms with E-state index in [1.165, 1.54) is 45.5 Å². The molecule has 31 heavy (non-hydrogen) atoms. The van der Waals surface area contributed by atoms with E-state index >= 15 is 0 Å². The Hall–Kier alpha value is -3.03. The summed E-state index contributed by atoms with van der Waals surface area (Å²) in [5.41, 5.74) is 2.75. The lowest BCUT2D eigenvalue weighted by Crippen LogP contribution is -2.30. The van der Waals surface area contributed by atoms with Gasteiger partial charge < -0.3 is 10.1 Å². The van der Waals surface area contributed by atoms with Crippen molar-refractivity contribution in [2.24, 2.45) is 0 Å². The van der Waals surface area contributed by atoms with E-state index in [0.717, 1.165) is 18.3 Å². The van der Waals surface area contributed by atoms with Crippen LogP contribution in [0.5, 0.6) is 5.75 Å². The largest absolute Gasteiger partial charge is 0.487 e. The van der Waals surface area contributed by atoms with Crippen LogP contribution in [0.2, 0.25) is 0 Å². The summed E-state index contributed by atoms with van der Waals surface area (Å²) < 4.78 is 21.5. The van der Waals surface area contributed by atoms with Crippen molar-refractivity contribution < 1.29 is 9.13 Å². The van der Waals surface area contributed by atoms with Gasteiger partial charge in [-0.25, -0.2) is 4.39 Å². The minimum atomic E-state index is -0.390. The van der Waals surface area contributed by atoms with Gasteiger partial charge in [0.25, 0.3) is 5.56 Å². The summed E-state index contributed by atoms with van der Waals surface area (Å²) in [5.74, 6) is 0.0702. The number of pyridine rings is 2. The predicted octanol–water partition coefficient (Wildman–Crippen LogP) is 4.51. The van der Waals surface area contributed by atoms with Crippen molar-refractivity contribution in [3.05, 3.63) is 87.2 Å². The second-order valence-electron chi connectivity index (χ2n) is 8.14. The fourth-order valence-electron chi connectivity index (χ4n) is 4.68. The van der Waals surface area contributed by atoms with Crippen LogP contribution in [0.4, 0.5) is 4.39 Å². The summed E-state index contributed by atoms with van der Waals surface area (Å²) in [6.07, 6.45) is 6.45. The lowest BCUT2D eigenvalue weighted by atomic mass is 9.99. The van der Waals surface area contributed by atoms with Crippen LogP contribution in [0, 0.1) is 5.82 Å². The molecule has 0 spiro atoms. The van der Waals surface area contributed by atoms with Gasteiger partial charge in [-0.3, -0.25) is 14.3 Å². The van der Waals surface area contributed by atoms with Crippen molar-refractivity contribution in [1.29, 1.82) is 0 Å². The van der Waals surface area contributed by atoms with Crippen LogP contribution in [-0.2, 0) is 13.0 Å². The lowest BCUT2D eigenvalue weighted by molar-refractivity contribution is 0.300. The zero-order chi connectivity index (χ0) is 20.9. The first kappa shape index (κ1) is 18.7. The second-order valence-corrected chi connectivity index (χ2v) is 9.28. The third-order valence-electron chi connectivity index (χ3n) is 6.15. The molecule has 2 aliphatic rings. The first-order valence-corrected chi connectivity index (χ1v) is 11.2. The van der Waals surface area contributed by atoms with Gasteiger partial charge in [0.05, 0.1) is 17.6 Å². The molecule has 0 saturated carbocycles. The Morgan fingerprint density at radius 3 is 2.97 bits per heavy atom. The molecule has 0 aliphatic carbocycles. The number of ether oxygens (including phenoxy) is 1. The number of nitrogens with zero attached hydrogens (tertiary/aromatic N) is 2. The number of nitrogens with one attached hydrogen (secondary N) is 1. The van der Waals surface area contributed by atoms with E-state index in [4.69, 9.17) is 4.74 Å². The van der Waals surface area contributed by atoms with E-state index in [2.05, 4.69) is 22.4 Å². The molecule has 4 aromatic rings. The third kappa shape index (κ3) is 3.34. The Morgan fingerprint density at radius 2 is 2.13 bits per heavy atom. The molecular weight excluding hydrogens is 413 g/mol. The first-order chi connectivity index (χ1) is 15.1. The highest BCUT2D eigenvalue weighted by molar-refractivity contribution is 7.19. The molecule has 1 fully saturated rings. The van der Waals surface area contributed by atoms with Crippen LogP contribution < -0.4 is 15.6 Å². The summed E-state index contributed by atoms with van der Waals surface area (Å²) in [6, 6.07) is 13.5. The van der Waals surface area contributed by atoms with Crippen LogP contribution >= 0.6 is 11.3 Å². The smallest absolute Gasteiger partial charge is 0.258 e. The van der Waals surface area contributed by atoms with Crippen LogP contribution in [-0.4, -0.2) is 15.6 Å². The molecule has 0 radical (unpaired) electrons. The van der Waals surface area contributed by atoms with E-state index in [1.807, 2.05) is 17.4 Å². The zero-order valence-electron chi connectivity index (χ0n) is 16.7. The quantitative estimate of drug-likeness (QED) is 0.514. The highest BCUT2D eigenvalue weighted by Crippen LogP contribution is 2.44. The van der Waals surface area contributed by atoms with E-state index in [1.54, 1.807) is 22.9 Å². The number of halogens is 1. The number of rotatable bonds is 4. The zero-order valence-corrected chi connectivity index (χ0v) is 17.5. The monoisotopic (exact) mass is 433 g/mol. The molecule has 1 N–H and O–H groups in total. The van der Waals surface area contributed by atoms with Gasteiger partial charge >= 0.3 is 0 Å². The van der Waals surface area contributed by atoms with E-state index in [-0.39, 0.29) is 12.2 Å². The molecular formula is C24H20FN3O2S. The number of fused-ring (bicyclic) bond motifs is 6. The molecule has 7 heteroatoms. The Morgan fingerprint density at radius 1 is 1.19 bits per heavy atom. The van der Waals surface area contributed by atoms with Gasteiger partial charge in [-0.15, -0.1) is 11.3 Å². The SMILES string of the molecule is O=c1cc(OCc2ccc(F)cn2)ccn1-c1ccc2c3c(sc2c1)CC1CCC3N1. The van der Waals surface area contributed by atoms with Crippen molar-refractivity contribution in [2.75, 3.05) is 0 Å². The van der Waals surface area contributed by atoms with Crippen molar-refractivity contribution in [3.8, 4) is 11.4 Å². The summed E-state index contributed by atoms with van der Waals surface area (Å²) in [4.78, 5) is 18.2. The van der Waals surface area contributed by atoms with Gasteiger partial charge in [0.2, 0.25) is 0 Å². The Balaban J connectivity index is 1.27. The molecule has 2 bridgehead atoms. The summed E-state index contributed by atoms with van der Waals surface area (Å²) in [5, 5.41) is 5.03. The Bertz CT molecular complexity index is 1350. The topological polar surface area (TPSA) is 56.1 Å². The highest BCUT2D eigenvalue weighted by atomic mass is 32.1. The highest BCUT2D eigenvalue weighted by Gasteiger charge is 2.34. The van der Waals surface area contributed by atoms with Crippen molar-refractivity contribution in [1.82, 2.24) is 14.9 Å². The van der Waals surface area contributed by atoms with Crippen LogP contribution in [0.3, 0.4) is 0 Å². The van der Waals surface area contributed by atoms with E-state index in [9.17, 15) is 9.18 Å². The van der Waals surface area contributed by atoms with E-state index < -0.39 is 5.82 Å². The first-order valence-electron chi connectivity index (χ1n) is 10.4. The van der Waals surface area contributed by atoms with Gasteiger partial charge in [-0.05, 0) is 60.5 Å². The normalized spacial score (nSPS) is 19.5. The molecule has 5 heterocycles. The molecule has 2 aliphatic heterocycles. The summed E-state index contributed by atoms with van der Waals surface area (Å²) in [6.45, 7) is 0.173. The standard InChI is InChI=1S/C24H20FN3O2S/c25-14-1-2-16(26-12-14)13-30-18-7-8-28(23(29)11-18)17-4-5-19-21(10-17)31-22-9-15-3-6-20(27-15)24(19)22/h1-2,4-5,7-8,10-12,15,20,27H,3,6,9,13H2. The number of hydrogen-bond acceptors (Lipinski definition) is 5. The van der Waals surface area contributed by atoms with Crippen LogP contribution in [0.1, 0.15) is 35.0 Å². The molecule has 5 nitrogen and oxygen atoms in total. The molecule has 1 saturated heterocycles. The van der Waals surface area contributed by atoms with Crippen LogP contribution in [0.15, 0.2) is 59.7 Å². The van der Waals surface area contributed by atoms with Gasteiger partial charge in [-0.1, -0.05) is 6.07 Å². The molecule has 6 rings (SSSR count). The minimum absolute atomic E-state index is 0.161. The number of thiophene rings is 1. The minimum Gasteiger partial charge on any atom is -0.487 e. The summed E-state index contributed by atoms with van der Waals surface area (Å²) in [7, 11) is 0. The number of benzene rings is 1. The molecule has 0 amide bonds. The predicted molar refractivity (Wildman–Crippen MR) is 119 cm³/mol. The number of hydrogen-bond donors (Lipinski definition) is 1. The second kappa shape index (κ2) is 7.28. The molecule has 156 valence electrons. The van der Waals surface area contributed by atoms with Crippen molar-refractivity contribution >= 4 is 21.4 Å². The molecule has 2 unspecified atom stereocenters. The molecule has 1 aromatic carbocycles. The molecule has 2 atom stereocenters. The lowest BCUT2D eigenvalue weighted by Gasteiger charge is -2.21. The van der Waals surface area contributed by atoms with E-state index in [0.29, 0.717) is 23.5 Å².